The van der Waals surface area contributed by atoms with Crippen LogP contribution in [0, 0.1) is 5.82 Å². The maximum absolute atomic E-state index is 13.8. The summed E-state index contributed by atoms with van der Waals surface area (Å²) in [7, 11) is 1.48. The maximum Gasteiger partial charge on any atom is 0.169 e. The van der Waals surface area contributed by atoms with E-state index in [4.69, 9.17) is 4.74 Å². The first-order valence-electron chi connectivity index (χ1n) is 5.85. The van der Waals surface area contributed by atoms with Crippen LogP contribution in [-0.4, -0.2) is 18.5 Å². The van der Waals surface area contributed by atoms with E-state index in [9.17, 15) is 4.39 Å². The van der Waals surface area contributed by atoms with Crippen LogP contribution in [0.2, 0.25) is 0 Å². The number of nitrogens with one attached hydrogen (secondary N) is 1. The van der Waals surface area contributed by atoms with Crippen LogP contribution in [0.3, 0.4) is 0 Å². The van der Waals surface area contributed by atoms with Crippen molar-refractivity contribution in [2.45, 2.75) is 31.1 Å². The van der Waals surface area contributed by atoms with Crippen molar-refractivity contribution in [3.05, 3.63) is 29.6 Å². The van der Waals surface area contributed by atoms with Crippen LogP contribution in [0.25, 0.3) is 0 Å². The Morgan fingerprint density at radius 3 is 2.88 bits per heavy atom. The third kappa shape index (κ3) is 4.64. The van der Waals surface area contributed by atoms with Crippen LogP contribution >= 0.6 is 15.9 Å². The number of halogens is 2. The molecule has 0 amide bonds. The molecule has 0 radical (unpaired) electrons. The third-order valence-electron chi connectivity index (χ3n) is 2.66. The fourth-order valence-corrected chi connectivity index (χ4v) is 1.77. The minimum Gasteiger partial charge on any atom is -0.494 e. The molecule has 0 bridgehead atoms. The topological polar surface area (TPSA) is 21.3 Å². The van der Waals surface area contributed by atoms with Crippen molar-refractivity contribution in [1.82, 2.24) is 5.32 Å². The van der Waals surface area contributed by atoms with Gasteiger partial charge in [0, 0.05) is 16.9 Å². The molecular formula is C13H19BrFNO. The Morgan fingerprint density at radius 1 is 1.47 bits per heavy atom. The number of hydrogen-bond acceptors (Lipinski definition) is 2. The van der Waals surface area contributed by atoms with Gasteiger partial charge in [0.2, 0.25) is 0 Å². The van der Waals surface area contributed by atoms with Crippen LogP contribution in [0.5, 0.6) is 5.75 Å². The van der Waals surface area contributed by atoms with E-state index >= 15 is 0 Å². The van der Waals surface area contributed by atoms with Crippen LogP contribution in [0.1, 0.15) is 25.3 Å². The highest BCUT2D eigenvalue weighted by atomic mass is 79.9. The standard InChI is InChI=1S/C13H19BrFNO/c1-3-11(14)7-8-16-9-10-5-4-6-12(17-2)13(10)15/h4-6,11,16H,3,7-9H2,1-2H3. The second-order valence-corrected chi connectivity index (χ2v) is 5.20. The Hall–Kier alpha value is -0.610. The largest absolute Gasteiger partial charge is 0.494 e. The first-order valence-corrected chi connectivity index (χ1v) is 6.76. The molecule has 96 valence electrons. The van der Waals surface area contributed by atoms with E-state index in [1.54, 1.807) is 18.2 Å². The second-order valence-electron chi connectivity index (χ2n) is 3.90. The average Bonchev–Trinajstić information content (AvgIpc) is 2.36. The molecule has 0 aliphatic carbocycles. The van der Waals surface area contributed by atoms with Gasteiger partial charge < -0.3 is 10.1 Å². The molecular weight excluding hydrogens is 285 g/mol. The van der Waals surface area contributed by atoms with Crippen LogP contribution in [0.15, 0.2) is 18.2 Å². The summed E-state index contributed by atoms with van der Waals surface area (Å²) in [6, 6.07) is 5.21. The van der Waals surface area contributed by atoms with Gasteiger partial charge in [-0.2, -0.15) is 0 Å². The quantitative estimate of drug-likeness (QED) is 0.615. The molecule has 1 aromatic carbocycles. The van der Waals surface area contributed by atoms with Crippen molar-refractivity contribution in [2.24, 2.45) is 0 Å². The molecule has 2 nitrogen and oxygen atoms in total. The SMILES string of the molecule is CCC(Br)CCNCc1cccc(OC)c1F. The molecule has 0 saturated carbocycles. The fraction of sp³-hybridized carbons (Fsp3) is 0.538. The summed E-state index contributed by atoms with van der Waals surface area (Å²) in [5.74, 6) is 0.0320. The van der Waals surface area contributed by atoms with Gasteiger partial charge in [0.05, 0.1) is 7.11 Å². The predicted octanol–water partition coefficient (Wildman–Crippen LogP) is 3.49. The molecule has 0 aliphatic heterocycles. The number of ether oxygens (including phenoxy) is 1. The number of alkyl halides is 1. The van der Waals surface area contributed by atoms with E-state index in [1.807, 2.05) is 0 Å². The lowest BCUT2D eigenvalue weighted by Gasteiger charge is -2.10. The van der Waals surface area contributed by atoms with Gasteiger partial charge in [0.1, 0.15) is 0 Å². The molecule has 1 aromatic rings. The molecule has 1 rings (SSSR count). The highest BCUT2D eigenvalue weighted by Gasteiger charge is 2.07. The Labute approximate surface area is 111 Å². The van der Waals surface area contributed by atoms with E-state index in [0.29, 0.717) is 22.7 Å². The molecule has 4 heteroatoms. The monoisotopic (exact) mass is 303 g/mol. The summed E-state index contributed by atoms with van der Waals surface area (Å²) >= 11 is 3.57. The van der Waals surface area contributed by atoms with Crippen molar-refractivity contribution >= 4 is 15.9 Å². The van der Waals surface area contributed by atoms with Crippen LogP contribution < -0.4 is 10.1 Å². The minimum atomic E-state index is -0.270. The van der Waals surface area contributed by atoms with Crippen molar-refractivity contribution in [2.75, 3.05) is 13.7 Å². The van der Waals surface area contributed by atoms with E-state index in [-0.39, 0.29) is 5.82 Å². The zero-order valence-corrected chi connectivity index (χ0v) is 11.9. The fourth-order valence-electron chi connectivity index (χ4n) is 1.54. The van der Waals surface area contributed by atoms with Gasteiger partial charge >= 0.3 is 0 Å². The maximum atomic E-state index is 13.8. The third-order valence-corrected chi connectivity index (χ3v) is 3.76. The Balaban J connectivity index is 2.41. The van der Waals surface area contributed by atoms with Gasteiger partial charge in [-0.3, -0.25) is 0 Å². The summed E-state index contributed by atoms with van der Waals surface area (Å²) < 4.78 is 18.7. The Kier molecular flexibility index (Phi) is 6.52. The summed E-state index contributed by atoms with van der Waals surface area (Å²) in [4.78, 5) is 0.533. The lowest BCUT2D eigenvalue weighted by Crippen LogP contribution is -2.18. The summed E-state index contributed by atoms with van der Waals surface area (Å²) in [6.07, 6.45) is 2.15. The summed E-state index contributed by atoms with van der Waals surface area (Å²) in [5.41, 5.74) is 0.645. The van der Waals surface area contributed by atoms with Gasteiger partial charge in [-0.15, -0.1) is 0 Å². The molecule has 1 atom stereocenters. The van der Waals surface area contributed by atoms with Gasteiger partial charge in [-0.25, -0.2) is 4.39 Å². The van der Waals surface area contributed by atoms with Gasteiger partial charge in [-0.1, -0.05) is 35.0 Å². The lowest BCUT2D eigenvalue weighted by atomic mass is 10.2. The lowest BCUT2D eigenvalue weighted by molar-refractivity contribution is 0.383. The summed E-state index contributed by atoms with van der Waals surface area (Å²) in [5, 5.41) is 3.23. The van der Waals surface area contributed by atoms with E-state index in [0.717, 1.165) is 19.4 Å². The molecule has 0 spiro atoms. The number of methoxy groups -OCH3 is 1. The average molecular weight is 304 g/mol. The molecule has 0 aliphatic rings. The summed E-state index contributed by atoms with van der Waals surface area (Å²) in [6.45, 7) is 3.55. The number of hydrogen-bond donors (Lipinski definition) is 1. The first kappa shape index (κ1) is 14.5. The van der Waals surface area contributed by atoms with Crippen LogP contribution in [-0.2, 0) is 6.54 Å². The molecule has 0 saturated heterocycles. The minimum absolute atomic E-state index is 0.270. The van der Waals surface area contributed by atoms with Crippen molar-refractivity contribution in [3.8, 4) is 5.75 Å². The highest BCUT2D eigenvalue weighted by molar-refractivity contribution is 9.09. The van der Waals surface area contributed by atoms with Gasteiger partial charge in [0.25, 0.3) is 0 Å². The molecule has 0 fully saturated rings. The Bertz CT molecular complexity index is 346. The van der Waals surface area contributed by atoms with E-state index < -0.39 is 0 Å². The Morgan fingerprint density at radius 2 is 2.24 bits per heavy atom. The molecule has 1 N–H and O–H groups in total. The van der Waals surface area contributed by atoms with Crippen molar-refractivity contribution in [3.63, 3.8) is 0 Å². The smallest absolute Gasteiger partial charge is 0.169 e. The van der Waals surface area contributed by atoms with E-state index in [1.165, 1.54) is 7.11 Å². The normalized spacial score (nSPS) is 12.5. The first-order chi connectivity index (χ1) is 8.19. The molecule has 0 aromatic heterocycles. The molecule has 17 heavy (non-hydrogen) atoms. The van der Waals surface area contributed by atoms with Crippen molar-refractivity contribution < 1.29 is 9.13 Å². The van der Waals surface area contributed by atoms with Gasteiger partial charge in [0.15, 0.2) is 11.6 Å². The second kappa shape index (κ2) is 7.67. The van der Waals surface area contributed by atoms with Crippen molar-refractivity contribution in [1.29, 1.82) is 0 Å². The number of rotatable bonds is 7. The zero-order chi connectivity index (χ0) is 12.7. The molecule has 0 heterocycles. The molecule has 1 unspecified atom stereocenters. The number of benzene rings is 1. The zero-order valence-electron chi connectivity index (χ0n) is 10.3. The van der Waals surface area contributed by atoms with E-state index in [2.05, 4.69) is 28.2 Å². The van der Waals surface area contributed by atoms with Gasteiger partial charge in [-0.05, 0) is 25.5 Å². The van der Waals surface area contributed by atoms with Crippen LogP contribution in [0.4, 0.5) is 4.39 Å². The highest BCUT2D eigenvalue weighted by Crippen LogP contribution is 2.19. The predicted molar refractivity (Wildman–Crippen MR) is 72.3 cm³/mol.